The van der Waals surface area contributed by atoms with Crippen molar-refractivity contribution in [2.45, 2.75) is 6.04 Å². The molecule has 5 aromatic rings. The summed E-state index contributed by atoms with van der Waals surface area (Å²) in [6.07, 6.45) is 4.95. The number of anilines is 1. The van der Waals surface area contributed by atoms with Crippen LogP contribution in [0.3, 0.4) is 0 Å². The van der Waals surface area contributed by atoms with Crippen LogP contribution in [0.15, 0.2) is 61.1 Å². The number of rotatable bonds is 9. The van der Waals surface area contributed by atoms with E-state index in [9.17, 15) is 4.39 Å². The van der Waals surface area contributed by atoms with Gasteiger partial charge in [-0.25, -0.2) is 9.37 Å². The van der Waals surface area contributed by atoms with Crippen molar-refractivity contribution in [1.29, 1.82) is 0 Å². The largest absolute Gasteiger partial charge is 0.493 e. The highest BCUT2D eigenvalue weighted by Gasteiger charge is 2.14. The fourth-order valence-electron chi connectivity index (χ4n) is 4.07. The molecule has 4 N–H and O–H groups in total. The Bertz CT molecular complexity index is 1670. The van der Waals surface area contributed by atoms with E-state index < -0.39 is 11.9 Å². The Balaban J connectivity index is 1.36. The van der Waals surface area contributed by atoms with Gasteiger partial charge in [0.25, 0.3) is 0 Å². The predicted molar refractivity (Wildman–Crippen MR) is 148 cm³/mol. The van der Waals surface area contributed by atoms with Crippen LogP contribution in [0.5, 0.6) is 23.0 Å². The summed E-state index contributed by atoms with van der Waals surface area (Å²) < 4.78 is 35.7. The van der Waals surface area contributed by atoms with Crippen LogP contribution in [0.25, 0.3) is 32.9 Å². The molecule has 0 radical (unpaired) electrons. The van der Waals surface area contributed by atoms with Crippen molar-refractivity contribution in [3.8, 4) is 34.3 Å². The molecule has 0 fully saturated rings. The predicted octanol–water partition coefficient (Wildman–Crippen LogP) is 5.02. The summed E-state index contributed by atoms with van der Waals surface area (Å²) in [6, 6.07) is 11.1. The lowest BCUT2D eigenvalue weighted by atomic mass is 10.0. The first-order valence-corrected chi connectivity index (χ1v) is 12.3. The van der Waals surface area contributed by atoms with Crippen LogP contribution < -0.4 is 30.4 Å². The molecule has 0 saturated heterocycles. The summed E-state index contributed by atoms with van der Waals surface area (Å²) in [5, 5.41) is 2.39. The molecule has 0 saturated carbocycles. The van der Waals surface area contributed by atoms with Gasteiger partial charge in [0.2, 0.25) is 0 Å². The van der Waals surface area contributed by atoms with Gasteiger partial charge in [0, 0.05) is 40.9 Å². The van der Waals surface area contributed by atoms with E-state index >= 15 is 0 Å². The number of ether oxygens (including phenoxy) is 4. The number of hydrogen-bond acceptors (Lipinski definition) is 9. The van der Waals surface area contributed by atoms with Gasteiger partial charge in [-0.3, -0.25) is 9.97 Å². The molecule has 0 spiro atoms. The zero-order valence-corrected chi connectivity index (χ0v) is 21.9. The lowest BCUT2D eigenvalue weighted by Gasteiger charge is -2.15. The van der Waals surface area contributed by atoms with E-state index in [2.05, 4.69) is 15.0 Å². The van der Waals surface area contributed by atoms with Gasteiger partial charge < -0.3 is 30.4 Å². The Kier molecular flexibility index (Phi) is 7.49. The average molecular weight is 550 g/mol. The smallest absolute Gasteiger partial charge is 0.162 e. The third kappa shape index (κ3) is 5.57. The number of fused-ring (bicyclic) bond motifs is 3. The SMILES string of the molecule is COc1cc2ncc3c(N)nc(-c4cncc(OC[C@H](N)COc5ccc(F)c(Cl)c5)c4)cc3c2cc1OC. The Morgan fingerprint density at radius 3 is 2.36 bits per heavy atom. The van der Waals surface area contributed by atoms with Gasteiger partial charge in [-0.05, 0) is 35.7 Å². The molecule has 39 heavy (non-hydrogen) atoms. The summed E-state index contributed by atoms with van der Waals surface area (Å²) in [5.41, 5.74) is 14.5. The third-order valence-electron chi connectivity index (χ3n) is 6.04. The van der Waals surface area contributed by atoms with Crippen LogP contribution in [0.1, 0.15) is 0 Å². The van der Waals surface area contributed by atoms with Gasteiger partial charge in [-0.15, -0.1) is 0 Å². The number of halogens is 2. The van der Waals surface area contributed by atoms with Crippen molar-refractivity contribution in [2.75, 3.05) is 33.2 Å². The zero-order valence-electron chi connectivity index (χ0n) is 21.2. The van der Waals surface area contributed by atoms with Gasteiger partial charge in [0.15, 0.2) is 11.5 Å². The number of nitrogen functional groups attached to an aromatic ring is 1. The van der Waals surface area contributed by atoms with E-state index in [4.69, 9.17) is 42.0 Å². The average Bonchev–Trinajstić information content (AvgIpc) is 2.95. The second kappa shape index (κ2) is 11.1. The van der Waals surface area contributed by atoms with Crippen LogP contribution in [0.4, 0.5) is 10.2 Å². The lowest BCUT2D eigenvalue weighted by Crippen LogP contribution is -2.34. The summed E-state index contributed by atoms with van der Waals surface area (Å²) in [7, 11) is 3.16. The Hall–Kier alpha value is -4.41. The monoisotopic (exact) mass is 549 g/mol. The van der Waals surface area contributed by atoms with Crippen LogP contribution >= 0.6 is 11.6 Å². The first kappa shape index (κ1) is 26.2. The minimum absolute atomic E-state index is 0.0220. The van der Waals surface area contributed by atoms with Crippen molar-refractivity contribution in [3.05, 3.63) is 71.9 Å². The van der Waals surface area contributed by atoms with Gasteiger partial charge >= 0.3 is 0 Å². The highest BCUT2D eigenvalue weighted by atomic mass is 35.5. The maximum atomic E-state index is 13.3. The second-order valence-corrected chi connectivity index (χ2v) is 9.11. The van der Waals surface area contributed by atoms with Crippen molar-refractivity contribution < 1.29 is 23.3 Å². The molecule has 0 aliphatic carbocycles. The first-order chi connectivity index (χ1) is 18.9. The minimum Gasteiger partial charge on any atom is -0.493 e. The maximum absolute atomic E-state index is 13.3. The third-order valence-corrected chi connectivity index (χ3v) is 6.33. The van der Waals surface area contributed by atoms with Crippen molar-refractivity contribution >= 4 is 39.1 Å². The van der Waals surface area contributed by atoms with Gasteiger partial charge in [-0.1, -0.05) is 11.6 Å². The molecule has 0 unspecified atom stereocenters. The lowest BCUT2D eigenvalue weighted by molar-refractivity contribution is 0.220. The summed E-state index contributed by atoms with van der Waals surface area (Å²) in [6.45, 7) is 0.304. The molecular formula is C28H25ClFN5O4. The van der Waals surface area contributed by atoms with Gasteiger partial charge in [0.05, 0.1) is 42.7 Å². The van der Waals surface area contributed by atoms with Crippen molar-refractivity contribution in [1.82, 2.24) is 15.0 Å². The molecule has 2 aromatic carbocycles. The molecule has 11 heteroatoms. The molecule has 3 heterocycles. The first-order valence-electron chi connectivity index (χ1n) is 11.9. The van der Waals surface area contributed by atoms with Gasteiger partial charge in [0.1, 0.15) is 36.3 Å². The second-order valence-electron chi connectivity index (χ2n) is 8.70. The number of nitrogens with zero attached hydrogens (tertiary/aromatic N) is 3. The molecular weight excluding hydrogens is 525 g/mol. The van der Waals surface area contributed by atoms with E-state index in [1.54, 1.807) is 38.9 Å². The number of aromatic nitrogens is 3. The molecule has 0 aliphatic rings. The van der Waals surface area contributed by atoms with Crippen LogP contribution in [-0.4, -0.2) is 48.4 Å². The van der Waals surface area contributed by atoms with Crippen molar-refractivity contribution in [2.24, 2.45) is 5.73 Å². The highest BCUT2D eigenvalue weighted by molar-refractivity contribution is 6.30. The van der Waals surface area contributed by atoms with E-state index in [1.165, 1.54) is 18.2 Å². The number of nitrogens with two attached hydrogens (primary N) is 2. The van der Waals surface area contributed by atoms with E-state index in [0.717, 1.165) is 16.3 Å². The number of benzene rings is 2. The van der Waals surface area contributed by atoms with Crippen LogP contribution in [0, 0.1) is 5.82 Å². The molecule has 1 atom stereocenters. The minimum atomic E-state index is -0.517. The van der Waals surface area contributed by atoms with E-state index in [1.807, 2.05) is 18.2 Å². The Morgan fingerprint density at radius 1 is 0.872 bits per heavy atom. The standard InChI is InChI=1S/C28H25ClFN5O4/c1-36-26-8-20-19-7-24(35-28(32)21(19)12-34-25(20)9-27(26)37-2)15-5-18(11-33-10-15)39-14-16(31)13-38-17-3-4-23(30)22(29)6-17/h3-12,16H,13-14,31H2,1-2H3,(H2,32,35)/t16-/m1/s1. The Morgan fingerprint density at radius 2 is 1.62 bits per heavy atom. The number of methoxy groups -OCH3 is 2. The summed E-state index contributed by atoms with van der Waals surface area (Å²) >= 11 is 5.79. The molecule has 200 valence electrons. The molecule has 3 aromatic heterocycles. The summed E-state index contributed by atoms with van der Waals surface area (Å²) in [4.78, 5) is 13.4. The summed E-state index contributed by atoms with van der Waals surface area (Å²) in [5.74, 6) is 1.89. The van der Waals surface area contributed by atoms with Crippen LogP contribution in [0.2, 0.25) is 5.02 Å². The van der Waals surface area contributed by atoms with Crippen molar-refractivity contribution in [3.63, 3.8) is 0 Å². The van der Waals surface area contributed by atoms with E-state index in [0.29, 0.717) is 45.5 Å². The quantitative estimate of drug-likeness (QED) is 0.243. The molecule has 0 amide bonds. The van der Waals surface area contributed by atoms with Crippen LogP contribution in [-0.2, 0) is 0 Å². The zero-order chi connectivity index (χ0) is 27.5. The topological polar surface area (TPSA) is 128 Å². The highest BCUT2D eigenvalue weighted by Crippen LogP contribution is 2.37. The Labute approximate surface area is 228 Å². The normalized spacial score (nSPS) is 11.9. The maximum Gasteiger partial charge on any atom is 0.162 e. The molecule has 0 bridgehead atoms. The fraction of sp³-hybridized carbons (Fsp3) is 0.179. The molecule has 9 nitrogen and oxygen atoms in total. The molecule has 5 rings (SSSR count). The number of hydrogen-bond donors (Lipinski definition) is 2. The fourth-order valence-corrected chi connectivity index (χ4v) is 4.24. The van der Waals surface area contributed by atoms with Gasteiger partial charge in [-0.2, -0.15) is 0 Å². The number of pyridine rings is 3. The molecule has 0 aliphatic heterocycles. The van der Waals surface area contributed by atoms with E-state index in [-0.39, 0.29) is 18.2 Å².